The molecule has 5 nitrogen and oxygen atoms in total. The number of nitrogens with zero attached hydrogens (tertiary/aromatic N) is 4. The molecule has 0 bridgehead atoms. The summed E-state index contributed by atoms with van der Waals surface area (Å²) in [6.45, 7) is 2.10. The fourth-order valence-electron chi connectivity index (χ4n) is 2.97. The Labute approximate surface area is 150 Å². The maximum atomic E-state index is 13.0. The molecule has 1 saturated heterocycles. The van der Waals surface area contributed by atoms with Gasteiger partial charge in [0, 0.05) is 29.3 Å². The zero-order valence-corrected chi connectivity index (χ0v) is 15.0. The van der Waals surface area contributed by atoms with Crippen LogP contribution in [0.5, 0.6) is 0 Å². The van der Waals surface area contributed by atoms with E-state index in [4.69, 9.17) is 5.26 Å². The van der Waals surface area contributed by atoms with Crippen LogP contribution in [0.1, 0.15) is 36.0 Å². The van der Waals surface area contributed by atoms with Gasteiger partial charge >= 0.3 is 0 Å². The Kier molecular flexibility index (Phi) is 5.31. The molecule has 1 aliphatic rings. The van der Waals surface area contributed by atoms with Crippen LogP contribution in [-0.4, -0.2) is 33.7 Å². The van der Waals surface area contributed by atoms with E-state index in [1.54, 1.807) is 10.9 Å². The van der Waals surface area contributed by atoms with Crippen molar-refractivity contribution in [3.05, 3.63) is 40.5 Å². The van der Waals surface area contributed by atoms with Crippen LogP contribution < -0.4 is 0 Å². The Balaban J connectivity index is 1.97. The molecule has 1 aliphatic heterocycles. The molecule has 1 aromatic heterocycles. The number of aromatic nitrogens is 2. The number of likely N-dealkylation sites (tertiary alicyclic amines) is 1. The first-order valence-corrected chi connectivity index (χ1v) is 8.98. The van der Waals surface area contributed by atoms with Gasteiger partial charge in [-0.25, -0.2) is 0 Å². The second-order valence-corrected chi connectivity index (χ2v) is 6.84. The lowest BCUT2D eigenvalue weighted by Gasteiger charge is -2.26. The number of carbonyl (C=O) groups excluding carboxylic acids is 1. The highest BCUT2D eigenvalue weighted by molar-refractivity contribution is 9.10. The van der Waals surface area contributed by atoms with Crippen LogP contribution in [-0.2, 0) is 6.54 Å². The molecule has 6 heteroatoms. The molecule has 0 N–H and O–H groups in total. The van der Waals surface area contributed by atoms with Gasteiger partial charge in [0.2, 0.25) is 0 Å². The van der Waals surface area contributed by atoms with E-state index in [0.29, 0.717) is 24.2 Å². The van der Waals surface area contributed by atoms with Crippen LogP contribution in [0.4, 0.5) is 0 Å². The zero-order chi connectivity index (χ0) is 16.9. The summed E-state index contributed by atoms with van der Waals surface area (Å²) in [5.41, 5.74) is 2.21. The average molecular weight is 387 g/mol. The number of amides is 1. The number of rotatable bonds is 4. The van der Waals surface area contributed by atoms with Crippen molar-refractivity contribution in [3.8, 4) is 17.3 Å². The molecule has 1 fully saturated rings. The highest BCUT2D eigenvalue weighted by Crippen LogP contribution is 2.27. The van der Waals surface area contributed by atoms with Crippen LogP contribution >= 0.6 is 15.9 Å². The van der Waals surface area contributed by atoms with Gasteiger partial charge in [0.15, 0.2) is 0 Å². The van der Waals surface area contributed by atoms with Crippen molar-refractivity contribution >= 4 is 21.8 Å². The quantitative estimate of drug-likeness (QED) is 0.801. The van der Waals surface area contributed by atoms with E-state index in [9.17, 15) is 4.79 Å². The molecule has 0 saturated carbocycles. The van der Waals surface area contributed by atoms with Crippen molar-refractivity contribution in [1.82, 2.24) is 14.7 Å². The predicted octanol–water partition coefficient (Wildman–Crippen LogP) is 3.85. The predicted molar refractivity (Wildman–Crippen MR) is 95.3 cm³/mol. The van der Waals surface area contributed by atoms with Crippen LogP contribution in [0.15, 0.2) is 34.9 Å². The monoisotopic (exact) mass is 386 g/mol. The van der Waals surface area contributed by atoms with E-state index < -0.39 is 0 Å². The second-order valence-electron chi connectivity index (χ2n) is 5.93. The Morgan fingerprint density at radius 2 is 2.08 bits per heavy atom. The van der Waals surface area contributed by atoms with Gasteiger partial charge in [-0.15, -0.1) is 0 Å². The largest absolute Gasteiger partial charge is 0.339 e. The van der Waals surface area contributed by atoms with Crippen LogP contribution in [0.2, 0.25) is 0 Å². The summed E-state index contributed by atoms with van der Waals surface area (Å²) in [5, 5.41) is 13.4. The summed E-state index contributed by atoms with van der Waals surface area (Å²) >= 11 is 3.47. The molecular weight excluding hydrogens is 368 g/mol. The summed E-state index contributed by atoms with van der Waals surface area (Å²) in [6, 6.07) is 9.92. The van der Waals surface area contributed by atoms with E-state index in [2.05, 4.69) is 27.1 Å². The van der Waals surface area contributed by atoms with Gasteiger partial charge in [0.05, 0.1) is 24.6 Å². The SMILES string of the molecule is N#CCCn1cc(C(=O)N2CCCCC2)c(-c2cccc(Br)c2)n1. The normalized spacial score (nSPS) is 14.4. The zero-order valence-electron chi connectivity index (χ0n) is 13.4. The Morgan fingerprint density at radius 3 is 2.79 bits per heavy atom. The molecule has 24 heavy (non-hydrogen) atoms. The van der Waals surface area contributed by atoms with Crippen molar-refractivity contribution < 1.29 is 4.79 Å². The van der Waals surface area contributed by atoms with Gasteiger partial charge < -0.3 is 4.90 Å². The van der Waals surface area contributed by atoms with Crippen molar-refractivity contribution in [1.29, 1.82) is 5.26 Å². The molecule has 2 aromatic rings. The fourth-order valence-corrected chi connectivity index (χ4v) is 3.37. The number of aryl methyl sites for hydroxylation is 1. The van der Waals surface area contributed by atoms with Crippen molar-refractivity contribution in [2.24, 2.45) is 0 Å². The summed E-state index contributed by atoms with van der Waals surface area (Å²) in [4.78, 5) is 14.9. The standard InChI is InChI=1S/C18H19BrN4O/c19-15-7-4-6-14(12-15)17-16(13-23(21-17)11-5-8-20)18(24)22-9-2-1-3-10-22/h4,6-7,12-13H,1-3,5,9-11H2. The smallest absolute Gasteiger partial charge is 0.257 e. The molecular formula is C18H19BrN4O. The first-order valence-electron chi connectivity index (χ1n) is 8.18. The van der Waals surface area contributed by atoms with Crippen LogP contribution in [0.25, 0.3) is 11.3 Å². The van der Waals surface area contributed by atoms with Gasteiger partial charge in [-0.05, 0) is 31.4 Å². The molecule has 2 heterocycles. The second kappa shape index (κ2) is 7.63. The summed E-state index contributed by atoms with van der Waals surface area (Å²) in [7, 11) is 0. The molecule has 0 aliphatic carbocycles. The molecule has 0 radical (unpaired) electrons. The molecule has 0 atom stereocenters. The topological polar surface area (TPSA) is 61.9 Å². The van der Waals surface area contributed by atoms with Crippen molar-refractivity contribution in [2.75, 3.05) is 13.1 Å². The molecule has 3 rings (SSSR count). The third-order valence-corrected chi connectivity index (χ3v) is 4.68. The van der Waals surface area contributed by atoms with E-state index >= 15 is 0 Å². The van der Waals surface area contributed by atoms with E-state index in [-0.39, 0.29) is 5.91 Å². The first kappa shape index (κ1) is 16.7. The van der Waals surface area contributed by atoms with Crippen LogP contribution in [0, 0.1) is 11.3 Å². The molecule has 1 amide bonds. The van der Waals surface area contributed by atoms with E-state index in [1.165, 1.54) is 6.42 Å². The highest BCUT2D eigenvalue weighted by atomic mass is 79.9. The Hall–Kier alpha value is -2.13. The lowest BCUT2D eigenvalue weighted by Crippen LogP contribution is -2.35. The Bertz CT molecular complexity index is 772. The highest BCUT2D eigenvalue weighted by Gasteiger charge is 2.24. The fraction of sp³-hybridized carbons (Fsp3) is 0.389. The number of hydrogen-bond donors (Lipinski definition) is 0. The lowest BCUT2D eigenvalue weighted by atomic mass is 10.1. The lowest BCUT2D eigenvalue weighted by molar-refractivity contribution is 0.0725. The number of carbonyl (C=O) groups is 1. The number of benzene rings is 1. The minimum absolute atomic E-state index is 0.0351. The van der Waals surface area contributed by atoms with E-state index in [1.807, 2.05) is 29.2 Å². The molecule has 0 unspecified atom stereocenters. The van der Waals surface area contributed by atoms with Gasteiger partial charge in [-0.1, -0.05) is 28.1 Å². The van der Waals surface area contributed by atoms with Gasteiger partial charge in [0.1, 0.15) is 5.69 Å². The Morgan fingerprint density at radius 1 is 1.29 bits per heavy atom. The average Bonchev–Trinajstić information content (AvgIpc) is 3.04. The third-order valence-electron chi connectivity index (χ3n) is 4.19. The third kappa shape index (κ3) is 3.68. The first-order chi connectivity index (χ1) is 11.7. The number of nitriles is 1. The van der Waals surface area contributed by atoms with Gasteiger partial charge in [0.25, 0.3) is 5.91 Å². The minimum atomic E-state index is 0.0351. The molecule has 1 aromatic carbocycles. The molecule has 0 spiro atoms. The maximum absolute atomic E-state index is 13.0. The maximum Gasteiger partial charge on any atom is 0.257 e. The molecule has 124 valence electrons. The van der Waals surface area contributed by atoms with Crippen molar-refractivity contribution in [3.63, 3.8) is 0 Å². The van der Waals surface area contributed by atoms with Crippen LogP contribution in [0.3, 0.4) is 0 Å². The minimum Gasteiger partial charge on any atom is -0.339 e. The number of halogens is 1. The summed E-state index contributed by atoms with van der Waals surface area (Å²) < 4.78 is 2.65. The van der Waals surface area contributed by atoms with Crippen molar-refractivity contribution in [2.45, 2.75) is 32.2 Å². The van der Waals surface area contributed by atoms with Gasteiger partial charge in [-0.3, -0.25) is 9.48 Å². The summed E-state index contributed by atoms with van der Waals surface area (Å²) in [6.07, 6.45) is 5.45. The van der Waals surface area contributed by atoms with E-state index in [0.717, 1.165) is 36.0 Å². The van der Waals surface area contributed by atoms with Gasteiger partial charge in [-0.2, -0.15) is 10.4 Å². The summed E-state index contributed by atoms with van der Waals surface area (Å²) in [5.74, 6) is 0.0351. The number of piperidine rings is 1. The number of hydrogen-bond acceptors (Lipinski definition) is 3.